The number of halogens is 3. The fourth-order valence-corrected chi connectivity index (χ4v) is 3.10. The van der Waals surface area contributed by atoms with Crippen LogP contribution in [0.5, 0.6) is 0 Å². The van der Waals surface area contributed by atoms with Crippen molar-refractivity contribution in [2.45, 2.75) is 37.5 Å². The fourth-order valence-electron chi connectivity index (χ4n) is 3.10. The molecule has 1 aromatic carbocycles. The van der Waals surface area contributed by atoms with Crippen molar-refractivity contribution in [3.8, 4) is 0 Å². The van der Waals surface area contributed by atoms with Gasteiger partial charge in [-0.25, -0.2) is 0 Å². The second-order valence-electron chi connectivity index (χ2n) is 7.10. The first-order valence-corrected chi connectivity index (χ1v) is 8.90. The van der Waals surface area contributed by atoms with Gasteiger partial charge in [0, 0.05) is 6.04 Å². The summed E-state index contributed by atoms with van der Waals surface area (Å²) in [4.78, 5) is 38.6. The smallest absolute Gasteiger partial charge is 0.352 e. The third-order valence-electron chi connectivity index (χ3n) is 4.54. The van der Waals surface area contributed by atoms with Crippen molar-refractivity contribution < 1.29 is 27.6 Å². The summed E-state index contributed by atoms with van der Waals surface area (Å²) in [6, 6.07) is 3.73. The molecule has 7 nitrogen and oxygen atoms in total. The van der Waals surface area contributed by atoms with E-state index < -0.39 is 37.0 Å². The van der Waals surface area contributed by atoms with Gasteiger partial charge in [0.05, 0.1) is 30.9 Å². The van der Waals surface area contributed by atoms with E-state index in [0.717, 1.165) is 12.8 Å². The zero-order valence-corrected chi connectivity index (χ0v) is 15.3. The lowest BCUT2D eigenvalue weighted by Gasteiger charge is -2.32. The van der Waals surface area contributed by atoms with E-state index in [2.05, 4.69) is 10.6 Å². The van der Waals surface area contributed by atoms with E-state index in [4.69, 9.17) is 0 Å². The Morgan fingerprint density at radius 3 is 2.57 bits per heavy atom. The Balaban J connectivity index is 1.81. The van der Waals surface area contributed by atoms with Gasteiger partial charge in [-0.1, -0.05) is 12.1 Å². The van der Waals surface area contributed by atoms with Crippen molar-refractivity contribution >= 4 is 29.1 Å². The normalized spacial score (nSPS) is 19.7. The molecule has 152 valence electrons. The van der Waals surface area contributed by atoms with Crippen molar-refractivity contribution in [1.29, 1.82) is 0 Å². The maximum atomic E-state index is 13.6. The van der Waals surface area contributed by atoms with Crippen LogP contribution in [0.3, 0.4) is 0 Å². The molecule has 1 saturated carbocycles. The molecule has 1 aromatic rings. The summed E-state index contributed by atoms with van der Waals surface area (Å²) in [6.07, 6.45) is -3.86. The molecule has 2 aliphatic rings. The number of fused-ring (bicyclic) bond motifs is 1. The van der Waals surface area contributed by atoms with Crippen LogP contribution in [-0.4, -0.2) is 61.0 Å². The van der Waals surface area contributed by atoms with Gasteiger partial charge in [-0.15, -0.1) is 0 Å². The molecule has 0 spiro atoms. The quantitative estimate of drug-likeness (QED) is 0.788. The van der Waals surface area contributed by atoms with Crippen molar-refractivity contribution in [3.05, 3.63) is 24.3 Å². The summed E-state index contributed by atoms with van der Waals surface area (Å²) < 4.78 is 40.9. The number of alkyl halides is 3. The molecule has 1 heterocycles. The summed E-state index contributed by atoms with van der Waals surface area (Å²) in [5, 5.41) is 5.17. The highest BCUT2D eigenvalue weighted by Gasteiger charge is 2.49. The van der Waals surface area contributed by atoms with Crippen molar-refractivity contribution in [2.75, 3.05) is 30.4 Å². The third-order valence-corrected chi connectivity index (χ3v) is 4.54. The molecular weight excluding hydrogens is 377 g/mol. The lowest BCUT2D eigenvalue weighted by Crippen LogP contribution is -2.52. The summed E-state index contributed by atoms with van der Waals surface area (Å²) in [5.74, 6) is -1.94. The minimum absolute atomic E-state index is 0.0171. The van der Waals surface area contributed by atoms with Gasteiger partial charge in [-0.05, 0) is 32.0 Å². The number of anilines is 2. The van der Waals surface area contributed by atoms with Gasteiger partial charge in [-0.2, -0.15) is 13.2 Å². The number of likely N-dealkylation sites (N-methyl/N-ethyl adjacent to an activating group) is 1. The number of hydrogen-bond donors (Lipinski definition) is 2. The van der Waals surface area contributed by atoms with Gasteiger partial charge in [0.15, 0.2) is 0 Å². The Morgan fingerprint density at radius 1 is 1.25 bits per heavy atom. The maximum Gasteiger partial charge on any atom is 0.409 e. The van der Waals surface area contributed by atoms with Crippen LogP contribution in [0.2, 0.25) is 0 Å². The molecule has 3 rings (SSSR count). The number of nitrogens with zero attached hydrogens (tertiary/aromatic N) is 2. The molecular formula is C18H21F3N4O3. The zero-order valence-electron chi connectivity index (χ0n) is 15.3. The first-order valence-electron chi connectivity index (χ1n) is 8.90. The zero-order chi connectivity index (χ0) is 20.5. The van der Waals surface area contributed by atoms with Gasteiger partial charge in [0.1, 0.15) is 6.04 Å². The van der Waals surface area contributed by atoms with E-state index in [1.165, 1.54) is 30.1 Å². The second kappa shape index (κ2) is 7.78. The predicted molar refractivity (Wildman–Crippen MR) is 95.7 cm³/mol. The summed E-state index contributed by atoms with van der Waals surface area (Å²) in [6.45, 7) is -0.501. The number of para-hydroxylation sites is 2. The van der Waals surface area contributed by atoms with Crippen LogP contribution in [0.4, 0.5) is 24.5 Å². The molecule has 10 heteroatoms. The topological polar surface area (TPSA) is 81.8 Å². The fraction of sp³-hybridized carbons (Fsp3) is 0.500. The van der Waals surface area contributed by atoms with Crippen LogP contribution in [-0.2, 0) is 14.4 Å². The lowest BCUT2D eigenvalue weighted by molar-refractivity contribution is -0.158. The van der Waals surface area contributed by atoms with Gasteiger partial charge in [-0.3, -0.25) is 24.2 Å². The summed E-state index contributed by atoms with van der Waals surface area (Å²) >= 11 is 0. The first-order chi connectivity index (χ1) is 13.1. The molecule has 1 aliphatic carbocycles. The van der Waals surface area contributed by atoms with E-state index in [1.807, 2.05) is 0 Å². The molecule has 28 heavy (non-hydrogen) atoms. The number of nitrogens with one attached hydrogen (secondary N) is 2. The van der Waals surface area contributed by atoms with Crippen LogP contribution in [0, 0.1) is 0 Å². The van der Waals surface area contributed by atoms with E-state index in [-0.39, 0.29) is 29.9 Å². The maximum absolute atomic E-state index is 13.6. The van der Waals surface area contributed by atoms with E-state index in [9.17, 15) is 27.6 Å². The molecule has 0 saturated heterocycles. The Bertz CT molecular complexity index is 780. The highest BCUT2D eigenvalue weighted by molar-refractivity contribution is 6.05. The molecule has 0 radical (unpaired) electrons. The molecule has 3 amide bonds. The summed E-state index contributed by atoms with van der Waals surface area (Å²) in [5.41, 5.74) is 0.123. The van der Waals surface area contributed by atoms with E-state index >= 15 is 0 Å². The number of hydrogen-bond acceptors (Lipinski definition) is 4. The number of benzene rings is 1. The van der Waals surface area contributed by atoms with Crippen LogP contribution in [0.1, 0.15) is 19.3 Å². The van der Waals surface area contributed by atoms with Crippen molar-refractivity contribution in [1.82, 2.24) is 10.2 Å². The number of amides is 3. The SMILES string of the molecule is CN(CC(=O)NC1CC1)CC(=O)N1c2ccccc2NC(=O)CC1C(F)(F)F. The molecule has 1 fully saturated rings. The Labute approximate surface area is 159 Å². The Hall–Kier alpha value is -2.62. The number of carbonyl (C=O) groups excluding carboxylic acids is 3. The van der Waals surface area contributed by atoms with Gasteiger partial charge < -0.3 is 10.6 Å². The highest BCUT2D eigenvalue weighted by Crippen LogP contribution is 2.37. The number of carbonyl (C=O) groups is 3. The standard InChI is InChI=1S/C18H21F3N4O3/c1-24(9-16(27)22-11-6-7-11)10-17(28)25-13-5-3-2-4-12(13)23-15(26)8-14(25)18(19,20)21/h2-5,11,14H,6-10H2,1H3,(H,22,27)(H,23,26). The van der Waals surface area contributed by atoms with Gasteiger partial charge in [0.25, 0.3) is 0 Å². The predicted octanol–water partition coefficient (Wildman–Crippen LogP) is 1.50. The van der Waals surface area contributed by atoms with Gasteiger partial charge in [0.2, 0.25) is 17.7 Å². The largest absolute Gasteiger partial charge is 0.409 e. The Kier molecular flexibility index (Phi) is 5.59. The highest BCUT2D eigenvalue weighted by atomic mass is 19.4. The van der Waals surface area contributed by atoms with E-state index in [1.54, 1.807) is 6.07 Å². The third kappa shape index (κ3) is 4.80. The second-order valence-corrected chi connectivity index (χ2v) is 7.10. The molecule has 1 atom stereocenters. The average Bonchev–Trinajstić information content (AvgIpc) is 3.39. The Morgan fingerprint density at radius 2 is 1.93 bits per heavy atom. The summed E-state index contributed by atoms with van der Waals surface area (Å²) in [7, 11) is 1.49. The molecule has 1 unspecified atom stereocenters. The lowest BCUT2D eigenvalue weighted by atomic mass is 10.1. The van der Waals surface area contributed by atoms with Crippen molar-refractivity contribution in [2.24, 2.45) is 0 Å². The van der Waals surface area contributed by atoms with Crippen LogP contribution in [0.15, 0.2) is 24.3 Å². The monoisotopic (exact) mass is 398 g/mol. The molecule has 0 aromatic heterocycles. The average molecular weight is 398 g/mol. The van der Waals surface area contributed by atoms with Crippen LogP contribution >= 0.6 is 0 Å². The first kappa shape index (κ1) is 20.1. The minimum atomic E-state index is -4.79. The molecule has 1 aliphatic heterocycles. The molecule has 0 bridgehead atoms. The van der Waals surface area contributed by atoms with Crippen LogP contribution in [0.25, 0.3) is 0 Å². The van der Waals surface area contributed by atoms with E-state index in [0.29, 0.717) is 4.90 Å². The molecule has 2 N–H and O–H groups in total. The number of rotatable bonds is 5. The van der Waals surface area contributed by atoms with Crippen LogP contribution < -0.4 is 15.5 Å². The van der Waals surface area contributed by atoms with Crippen molar-refractivity contribution in [3.63, 3.8) is 0 Å². The minimum Gasteiger partial charge on any atom is -0.352 e. The van der Waals surface area contributed by atoms with Gasteiger partial charge >= 0.3 is 6.18 Å².